The summed E-state index contributed by atoms with van der Waals surface area (Å²) < 4.78 is 0. The molecule has 6 heteroatoms. The van der Waals surface area contributed by atoms with Gasteiger partial charge in [0.1, 0.15) is 17.4 Å². The van der Waals surface area contributed by atoms with E-state index in [4.69, 9.17) is 0 Å². The lowest BCUT2D eigenvalue weighted by molar-refractivity contribution is 0.167. The molecule has 1 atom stereocenters. The largest absolute Gasteiger partial charge is 0.508 e. The lowest BCUT2D eigenvalue weighted by atomic mass is 10.0. The number of aryl methyl sites for hydroxylation is 2. The average molecular weight is 356 g/mol. The van der Waals surface area contributed by atoms with Crippen molar-refractivity contribution >= 4 is 5.82 Å². The summed E-state index contributed by atoms with van der Waals surface area (Å²) in [5.41, 5.74) is 1.82. The minimum absolute atomic E-state index is 0.182. The number of benzene rings is 1. The monoisotopic (exact) mass is 356 g/mol. The number of piperidine rings is 1. The molecule has 1 aliphatic heterocycles. The molecule has 0 aliphatic carbocycles. The number of hydrogen-bond donors (Lipinski definition) is 3. The van der Waals surface area contributed by atoms with Crippen LogP contribution in [0.15, 0.2) is 30.3 Å². The molecule has 0 spiro atoms. The van der Waals surface area contributed by atoms with Gasteiger partial charge in [0.2, 0.25) is 0 Å². The minimum Gasteiger partial charge on any atom is -0.508 e. The number of aromatic nitrogens is 2. The molecule has 1 aliphatic rings. The fourth-order valence-corrected chi connectivity index (χ4v) is 3.40. The molecule has 3 N–H and O–H groups in total. The molecule has 0 radical (unpaired) electrons. The van der Waals surface area contributed by atoms with E-state index in [1.165, 1.54) is 0 Å². The van der Waals surface area contributed by atoms with E-state index in [1.807, 2.05) is 13.0 Å². The zero-order chi connectivity index (χ0) is 18.5. The fourth-order valence-electron chi connectivity index (χ4n) is 3.40. The number of nitrogens with one attached hydrogen (secondary N) is 1. The molecule has 1 unspecified atom stereocenters. The van der Waals surface area contributed by atoms with Gasteiger partial charge in [-0.05, 0) is 43.9 Å². The molecular formula is C20H28N4O2. The van der Waals surface area contributed by atoms with Gasteiger partial charge >= 0.3 is 0 Å². The molecule has 140 valence electrons. The molecule has 0 saturated carbocycles. The van der Waals surface area contributed by atoms with Crippen molar-refractivity contribution in [1.29, 1.82) is 0 Å². The number of phenolic OH excluding ortho intramolecular Hbond substituents is 1. The van der Waals surface area contributed by atoms with Crippen LogP contribution in [0.25, 0.3) is 0 Å². The third-order valence-electron chi connectivity index (χ3n) is 4.91. The van der Waals surface area contributed by atoms with Crippen molar-refractivity contribution in [3.63, 3.8) is 0 Å². The Morgan fingerprint density at radius 2 is 2.00 bits per heavy atom. The lowest BCUT2D eigenvalue weighted by Gasteiger charge is -2.34. The molecule has 2 heterocycles. The summed E-state index contributed by atoms with van der Waals surface area (Å²) >= 11 is 0. The molecule has 2 aromatic rings. The summed E-state index contributed by atoms with van der Waals surface area (Å²) in [6.45, 7) is 6.43. The Hall–Kier alpha value is -2.18. The van der Waals surface area contributed by atoms with Crippen LogP contribution in [0.5, 0.6) is 5.75 Å². The van der Waals surface area contributed by atoms with Crippen molar-refractivity contribution in [2.24, 2.45) is 0 Å². The van der Waals surface area contributed by atoms with E-state index in [2.05, 4.69) is 33.2 Å². The molecule has 1 fully saturated rings. The fraction of sp³-hybridized carbons (Fsp3) is 0.500. The highest BCUT2D eigenvalue weighted by Crippen LogP contribution is 2.21. The van der Waals surface area contributed by atoms with Gasteiger partial charge in [0.05, 0.1) is 6.10 Å². The molecular weight excluding hydrogens is 328 g/mol. The zero-order valence-electron chi connectivity index (χ0n) is 15.5. The highest BCUT2D eigenvalue weighted by molar-refractivity contribution is 5.40. The van der Waals surface area contributed by atoms with Gasteiger partial charge in [-0.2, -0.15) is 0 Å². The van der Waals surface area contributed by atoms with E-state index in [-0.39, 0.29) is 5.75 Å². The van der Waals surface area contributed by atoms with Crippen molar-refractivity contribution in [3.05, 3.63) is 47.4 Å². The number of hydrogen-bond acceptors (Lipinski definition) is 6. The first-order valence-corrected chi connectivity index (χ1v) is 9.35. The van der Waals surface area contributed by atoms with Gasteiger partial charge in [0, 0.05) is 37.4 Å². The summed E-state index contributed by atoms with van der Waals surface area (Å²) in [6.07, 6.45) is 2.33. The second kappa shape index (κ2) is 8.47. The second-order valence-electron chi connectivity index (χ2n) is 6.90. The van der Waals surface area contributed by atoms with Crippen molar-refractivity contribution < 1.29 is 10.2 Å². The summed E-state index contributed by atoms with van der Waals surface area (Å²) in [5, 5.41) is 23.3. The Morgan fingerprint density at radius 3 is 2.69 bits per heavy atom. The smallest absolute Gasteiger partial charge is 0.132 e. The molecule has 26 heavy (non-hydrogen) atoms. The first-order valence-electron chi connectivity index (χ1n) is 9.35. The highest BCUT2D eigenvalue weighted by Gasteiger charge is 2.21. The number of nitrogens with zero attached hydrogens (tertiary/aromatic N) is 3. The van der Waals surface area contributed by atoms with Crippen LogP contribution in [0.2, 0.25) is 0 Å². The number of aromatic hydroxyl groups is 1. The number of aliphatic hydroxyl groups is 1. The van der Waals surface area contributed by atoms with E-state index in [1.54, 1.807) is 18.2 Å². The van der Waals surface area contributed by atoms with Crippen LogP contribution in [0.1, 0.15) is 43.0 Å². The van der Waals surface area contributed by atoms with Gasteiger partial charge in [-0.15, -0.1) is 0 Å². The van der Waals surface area contributed by atoms with Crippen LogP contribution in [0.3, 0.4) is 0 Å². The molecule has 6 nitrogen and oxygen atoms in total. The topological polar surface area (TPSA) is 81.5 Å². The normalized spacial score (nSPS) is 16.7. The van der Waals surface area contributed by atoms with E-state index in [0.29, 0.717) is 12.6 Å². The van der Waals surface area contributed by atoms with Gasteiger partial charge in [0.25, 0.3) is 0 Å². The molecule has 0 bridgehead atoms. The third kappa shape index (κ3) is 4.71. The minimum atomic E-state index is -0.614. The first kappa shape index (κ1) is 18.6. The third-order valence-corrected chi connectivity index (χ3v) is 4.91. The first-order chi connectivity index (χ1) is 12.5. The van der Waals surface area contributed by atoms with Crippen LogP contribution in [0.4, 0.5) is 5.82 Å². The zero-order valence-corrected chi connectivity index (χ0v) is 15.5. The highest BCUT2D eigenvalue weighted by atomic mass is 16.3. The molecule has 1 aromatic heterocycles. The van der Waals surface area contributed by atoms with E-state index >= 15 is 0 Å². The molecule has 3 rings (SSSR count). The molecule has 1 saturated heterocycles. The number of rotatable bonds is 6. The molecule has 0 amide bonds. The van der Waals surface area contributed by atoms with E-state index in [9.17, 15) is 10.2 Å². The number of anilines is 1. The number of phenols is 1. The van der Waals surface area contributed by atoms with Crippen molar-refractivity contribution in [2.45, 2.75) is 45.3 Å². The molecule has 1 aromatic carbocycles. The summed E-state index contributed by atoms with van der Waals surface area (Å²) in [4.78, 5) is 11.4. The standard InChI is InChI=1S/C20H28N4O2/c1-3-16-12-20(23-14(2)22-16)24-9-7-17(8-10-24)21-13-19(26)15-5-4-6-18(25)11-15/h4-6,11-12,17,19,21,25-26H,3,7-10,13H2,1-2H3. The van der Waals surface area contributed by atoms with Crippen molar-refractivity contribution in [3.8, 4) is 5.75 Å². The summed E-state index contributed by atoms with van der Waals surface area (Å²) in [5.74, 6) is 2.03. The predicted octanol–water partition coefficient (Wildman–Crippen LogP) is 2.35. The van der Waals surface area contributed by atoms with Crippen LogP contribution >= 0.6 is 0 Å². The SMILES string of the molecule is CCc1cc(N2CCC(NCC(O)c3cccc(O)c3)CC2)nc(C)n1. The average Bonchev–Trinajstić information content (AvgIpc) is 2.66. The quantitative estimate of drug-likeness (QED) is 0.737. The Morgan fingerprint density at radius 1 is 1.23 bits per heavy atom. The Kier molecular flexibility index (Phi) is 6.06. The Labute approximate surface area is 154 Å². The van der Waals surface area contributed by atoms with Crippen LogP contribution in [0, 0.1) is 6.92 Å². The second-order valence-corrected chi connectivity index (χ2v) is 6.90. The van der Waals surface area contributed by atoms with Gasteiger partial charge in [-0.1, -0.05) is 19.1 Å². The Bertz CT molecular complexity index is 730. The van der Waals surface area contributed by atoms with Crippen molar-refractivity contribution in [2.75, 3.05) is 24.5 Å². The van der Waals surface area contributed by atoms with Gasteiger partial charge in [-0.25, -0.2) is 9.97 Å². The predicted molar refractivity (Wildman–Crippen MR) is 102 cm³/mol. The van der Waals surface area contributed by atoms with Gasteiger partial charge < -0.3 is 20.4 Å². The Balaban J connectivity index is 1.50. The van der Waals surface area contributed by atoms with Gasteiger partial charge in [0.15, 0.2) is 0 Å². The van der Waals surface area contributed by atoms with Crippen LogP contribution in [-0.2, 0) is 6.42 Å². The summed E-state index contributed by atoms with van der Waals surface area (Å²) in [6, 6.07) is 9.27. The lowest BCUT2D eigenvalue weighted by Crippen LogP contribution is -2.44. The van der Waals surface area contributed by atoms with Crippen LogP contribution < -0.4 is 10.2 Å². The van der Waals surface area contributed by atoms with E-state index in [0.717, 1.165) is 55.3 Å². The maximum absolute atomic E-state index is 10.3. The number of aliphatic hydroxyl groups excluding tert-OH is 1. The maximum atomic E-state index is 10.3. The van der Waals surface area contributed by atoms with Crippen LogP contribution in [-0.4, -0.2) is 45.9 Å². The summed E-state index contributed by atoms with van der Waals surface area (Å²) in [7, 11) is 0. The maximum Gasteiger partial charge on any atom is 0.132 e. The van der Waals surface area contributed by atoms with E-state index < -0.39 is 6.10 Å². The van der Waals surface area contributed by atoms with Crippen molar-refractivity contribution in [1.82, 2.24) is 15.3 Å². The van der Waals surface area contributed by atoms with Gasteiger partial charge in [-0.3, -0.25) is 0 Å².